The average molecular weight is 404 g/mol. The molecular formula is C23H30ClNO3. The van der Waals surface area contributed by atoms with E-state index in [1.807, 2.05) is 12.1 Å². The Labute approximate surface area is 174 Å². The van der Waals surface area contributed by atoms with E-state index in [-0.39, 0.29) is 18.4 Å². The van der Waals surface area contributed by atoms with Crippen LogP contribution in [0.3, 0.4) is 0 Å². The molecule has 1 aliphatic carbocycles. The number of nitrogens with one attached hydrogen (secondary N) is 1. The zero-order chi connectivity index (χ0) is 19.3. The highest BCUT2D eigenvalue weighted by molar-refractivity contribution is 5.85. The molecule has 4 nitrogen and oxygen atoms in total. The number of ether oxygens (including phenoxy) is 2. The van der Waals surface area contributed by atoms with Crippen LogP contribution in [0, 0.1) is 0 Å². The van der Waals surface area contributed by atoms with E-state index in [4.69, 9.17) is 9.47 Å². The number of benzene rings is 2. The summed E-state index contributed by atoms with van der Waals surface area (Å²) in [6, 6.07) is 17.1. The quantitative estimate of drug-likeness (QED) is 0.692. The normalized spacial score (nSPS) is 15.9. The van der Waals surface area contributed by atoms with Crippen LogP contribution in [-0.2, 0) is 28.9 Å². The van der Waals surface area contributed by atoms with Crippen LogP contribution in [-0.4, -0.2) is 24.2 Å². The van der Waals surface area contributed by atoms with Crippen molar-refractivity contribution in [1.29, 1.82) is 0 Å². The highest BCUT2D eigenvalue weighted by atomic mass is 35.5. The number of carbonyl (C=O) groups is 1. The predicted molar refractivity (Wildman–Crippen MR) is 114 cm³/mol. The monoisotopic (exact) mass is 403 g/mol. The number of hydrogen-bond acceptors (Lipinski definition) is 4. The third-order valence-corrected chi connectivity index (χ3v) is 4.98. The molecule has 3 rings (SSSR count). The first-order chi connectivity index (χ1) is 13.0. The number of rotatable bonds is 7. The molecule has 0 amide bonds. The van der Waals surface area contributed by atoms with Gasteiger partial charge in [0.15, 0.2) is 5.60 Å². The molecule has 0 fully saturated rings. The van der Waals surface area contributed by atoms with Crippen molar-refractivity contribution in [3.8, 4) is 5.75 Å². The molecule has 2 aromatic rings. The van der Waals surface area contributed by atoms with Gasteiger partial charge in [0.25, 0.3) is 0 Å². The lowest BCUT2D eigenvalue weighted by Gasteiger charge is -2.28. The molecule has 5 heteroatoms. The Morgan fingerprint density at radius 3 is 2.61 bits per heavy atom. The Balaban J connectivity index is 0.00000280. The van der Waals surface area contributed by atoms with Crippen molar-refractivity contribution in [3.63, 3.8) is 0 Å². The minimum Gasteiger partial charge on any atom is -0.476 e. The Kier molecular flexibility index (Phi) is 7.90. The van der Waals surface area contributed by atoms with Gasteiger partial charge in [-0.3, -0.25) is 0 Å². The molecule has 2 aromatic carbocycles. The van der Waals surface area contributed by atoms with Gasteiger partial charge in [0.2, 0.25) is 0 Å². The Hall–Kier alpha value is -2.04. The fraction of sp³-hybridized carbons (Fsp3) is 0.435. The number of fused-ring (bicyclic) bond motifs is 1. The summed E-state index contributed by atoms with van der Waals surface area (Å²) in [4.78, 5) is 12.1. The molecular weight excluding hydrogens is 374 g/mol. The van der Waals surface area contributed by atoms with E-state index >= 15 is 0 Å². The lowest BCUT2D eigenvalue weighted by molar-refractivity contribution is -0.158. The van der Waals surface area contributed by atoms with Crippen molar-refractivity contribution in [2.45, 2.75) is 58.2 Å². The molecule has 1 N–H and O–H groups in total. The first kappa shape index (κ1) is 22.3. The minimum atomic E-state index is -0.996. The Morgan fingerprint density at radius 2 is 1.89 bits per heavy atom. The fourth-order valence-corrected chi connectivity index (χ4v) is 3.47. The summed E-state index contributed by atoms with van der Waals surface area (Å²) in [6.07, 6.45) is 3.16. The number of aryl methyl sites for hydroxylation is 1. The fourth-order valence-electron chi connectivity index (χ4n) is 3.47. The van der Waals surface area contributed by atoms with E-state index in [9.17, 15) is 4.79 Å². The first-order valence-electron chi connectivity index (χ1n) is 9.73. The lowest BCUT2D eigenvalue weighted by Crippen LogP contribution is -2.39. The molecule has 28 heavy (non-hydrogen) atoms. The van der Waals surface area contributed by atoms with E-state index in [0.717, 1.165) is 31.6 Å². The predicted octanol–water partition coefficient (Wildman–Crippen LogP) is 4.48. The lowest BCUT2D eigenvalue weighted by atomic mass is 9.88. The molecule has 1 atom stereocenters. The van der Waals surface area contributed by atoms with Crippen molar-refractivity contribution < 1.29 is 14.3 Å². The number of carbonyl (C=O) groups excluding carboxylic acids is 1. The molecule has 0 heterocycles. The number of halogens is 1. The average Bonchev–Trinajstić information content (AvgIpc) is 2.67. The molecule has 1 aliphatic rings. The van der Waals surface area contributed by atoms with Gasteiger partial charge in [-0.2, -0.15) is 0 Å². The van der Waals surface area contributed by atoms with Crippen molar-refractivity contribution in [3.05, 3.63) is 65.2 Å². The van der Waals surface area contributed by atoms with Crippen LogP contribution in [0.15, 0.2) is 48.5 Å². The maximum Gasteiger partial charge on any atom is 0.349 e. The van der Waals surface area contributed by atoms with Gasteiger partial charge in [0, 0.05) is 12.6 Å². The van der Waals surface area contributed by atoms with E-state index in [2.05, 4.69) is 41.7 Å². The van der Waals surface area contributed by atoms with E-state index in [0.29, 0.717) is 12.6 Å². The van der Waals surface area contributed by atoms with Crippen molar-refractivity contribution in [2.24, 2.45) is 0 Å². The maximum absolute atomic E-state index is 12.1. The summed E-state index contributed by atoms with van der Waals surface area (Å²) >= 11 is 0. The second-order valence-electron chi connectivity index (χ2n) is 7.57. The van der Waals surface area contributed by atoms with Crippen molar-refractivity contribution in [1.82, 2.24) is 5.32 Å². The summed E-state index contributed by atoms with van der Waals surface area (Å²) in [7, 11) is 0. The molecule has 0 saturated carbocycles. The summed E-state index contributed by atoms with van der Waals surface area (Å²) < 4.78 is 11.1. The molecule has 0 bridgehead atoms. The maximum atomic E-state index is 12.1. The van der Waals surface area contributed by atoms with Crippen LogP contribution in [0.4, 0.5) is 0 Å². The van der Waals surface area contributed by atoms with Crippen molar-refractivity contribution >= 4 is 18.4 Å². The number of esters is 1. The third kappa shape index (κ3) is 5.73. The van der Waals surface area contributed by atoms with Gasteiger partial charge in [-0.25, -0.2) is 4.79 Å². The molecule has 0 saturated heterocycles. The summed E-state index contributed by atoms with van der Waals surface area (Å²) in [6.45, 7) is 6.52. The zero-order valence-electron chi connectivity index (χ0n) is 16.9. The second kappa shape index (κ2) is 9.94. The van der Waals surface area contributed by atoms with Gasteiger partial charge in [-0.15, -0.1) is 12.4 Å². The highest BCUT2D eigenvalue weighted by Crippen LogP contribution is 2.28. The van der Waals surface area contributed by atoms with Gasteiger partial charge in [-0.05, 0) is 68.9 Å². The molecule has 0 unspecified atom stereocenters. The topological polar surface area (TPSA) is 47.6 Å². The molecule has 0 aliphatic heterocycles. The summed E-state index contributed by atoms with van der Waals surface area (Å²) in [5.41, 5.74) is 2.97. The third-order valence-electron chi connectivity index (χ3n) is 4.98. The van der Waals surface area contributed by atoms with E-state index in [1.54, 1.807) is 20.8 Å². The van der Waals surface area contributed by atoms with Gasteiger partial charge in [0.1, 0.15) is 5.75 Å². The van der Waals surface area contributed by atoms with Gasteiger partial charge in [-0.1, -0.05) is 36.4 Å². The van der Waals surface area contributed by atoms with Crippen LogP contribution in [0.2, 0.25) is 0 Å². The van der Waals surface area contributed by atoms with Crippen molar-refractivity contribution in [2.75, 3.05) is 6.61 Å². The molecule has 0 aromatic heterocycles. The van der Waals surface area contributed by atoms with E-state index < -0.39 is 5.60 Å². The smallest absolute Gasteiger partial charge is 0.349 e. The second-order valence-corrected chi connectivity index (χ2v) is 7.57. The van der Waals surface area contributed by atoms with Crippen LogP contribution < -0.4 is 10.1 Å². The Bertz CT molecular complexity index is 777. The molecule has 0 radical (unpaired) electrons. The Morgan fingerprint density at radius 1 is 1.14 bits per heavy atom. The van der Waals surface area contributed by atoms with Gasteiger partial charge in [0.05, 0.1) is 6.61 Å². The van der Waals surface area contributed by atoms with Crippen LogP contribution in [0.25, 0.3) is 0 Å². The largest absolute Gasteiger partial charge is 0.476 e. The van der Waals surface area contributed by atoms with Crippen LogP contribution in [0.5, 0.6) is 5.75 Å². The number of hydrogen-bond donors (Lipinski definition) is 1. The van der Waals surface area contributed by atoms with Gasteiger partial charge < -0.3 is 14.8 Å². The molecule has 152 valence electrons. The highest BCUT2D eigenvalue weighted by Gasteiger charge is 2.32. The standard InChI is InChI=1S/C23H29NO3.ClH/c1-4-26-22(25)23(2,3)27-21-13-11-18-10-12-20(14-19(18)15-21)24-16-17-8-6-5-7-9-17;/h5-9,11,13,15,20,24H,4,10,12,14,16H2,1-3H3;1H/t20-;/m1./s1. The zero-order valence-corrected chi connectivity index (χ0v) is 17.7. The summed E-state index contributed by atoms with van der Waals surface area (Å²) in [5.74, 6) is 0.376. The van der Waals surface area contributed by atoms with E-state index in [1.165, 1.54) is 16.7 Å². The van der Waals surface area contributed by atoms with Crippen LogP contribution >= 0.6 is 12.4 Å². The van der Waals surface area contributed by atoms with Crippen LogP contribution in [0.1, 0.15) is 43.9 Å². The SMILES string of the molecule is CCOC(=O)C(C)(C)Oc1ccc2c(c1)C[C@H](NCc1ccccc1)CC2.Cl. The summed E-state index contributed by atoms with van der Waals surface area (Å²) in [5, 5.41) is 3.67. The first-order valence-corrected chi connectivity index (χ1v) is 9.73. The van der Waals surface area contributed by atoms with Gasteiger partial charge >= 0.3 is 5.97 Å². The molecule has 0 spiro atoms. The minimum absolute atomic E-state index is 0.